The smallest absolute Gasteiger partial charge is 0.166 e. The van der Waals surface area contributed by atoms with Crippen molar-refractivity contribution < 1.29 is 13.2 Å². The Balaban J connectivity index is 3.19. The van der Waals surface area contributed by atoms with Gasteiger partial charge in [-0.1, -0.05) is 12.5 Å². The molecule has 3 heteroatoms. The summed E-state index contributed by atoms with van der Waals surface area (Å²) in [6.45, 7) is 6.67. The Bertz CT molecular complexity index is 292. The minimum Gasteiger partial charge on any atom is -0.166 e. The fourth-order valence-electron chi connectivity index (χ4n) is 1.82. The highest BCUT2D eigenvalue weighted by Crippen LogP contribution is 2.44. The minimum absolute atomic E-state index is 0.373. The molecule has 0 aromatic rings. The Morgan fingerprint density at radius 1 is 1.00 bits per heavy atom. The standard InChI is InChI=1S/C10H13F3/c1-5-6(2)8(4)9(7(5)3)10(11,12)13/h7H,1-4H3. The van der Waals surface area contributed by atoms with Gasteiger partial charge >= 0.3 is 6.18 Å². The molecular formula is C10H13F3. The second-order valence-corrected chi connectivity index (χ2v) is 3.57. The molecule has 0 saturated heterocycles. The molecule has 0 N–H and O–H groups in total. The number of rotatable bonds is 0. The predicted molar refractivity (Wildman–Crippen MR) is 46.3 cm³/mol. The van der Waals surface area contributed by atoms with Crippen molar-refractivity contribution in [3.05, 3.63) is 22.3 Å². The first-order chi connectivity index (χ1) is 5.76. The Morgan fingerprint density at radius 3 is 1.62 bits per heavy atom. The second-order valence-electron chi connectivity index (χ2n) is 3.57. The fraction of sp³-hybridized carbons (Fsp3) is 0.600. The van der Waals surface area contributed by atoms with Crippen molar-refractivity contribution >= 4 is 0 Å². The van der Waals surface area contributed by atoms with Gasteiger partial charge in [-0.3, -0.25) is 0 Å². The van der Waals surface area contributed by atoms with Crippen molar-refractivity contribution in [2.45, 2.75) is 33.9 Å². The van der Waals surface area contributed by atoms with Gasteiger partial charge in [0.05, 0.1) is 0 Å². The number of allylic oxidation sites excluding steroid dienone is 4. The molecule has 0 bridgehead atoms. The lowest BCUT2D eigenvalue weighted by atomic mass is 9.98. The van der Waals surface area contributed by atoms with E-state index in [0.717, 1.165) is 11.1 Å². The highest BCUT2D eigenvalue weighted by atomic mass is 19.4. The van der Waals surface area contributed by atoms with Crippen LogP contribution in [0.4, 0.5) is 13.2 Å². The Kier molecular flexibility index (Phi) is 2.30. The fourth-order valence-corrected chi connectivity index (χ4v) is 1.82. The molecule has 0 saturated carbocycles. The lowest BCUT2D eigenvalue weighted by Crippen LogP contribution is -2.17. The largest absolute Gasteiger partial charge is 0.413 e. The van der Waals surface area contributed by atoms with E-state index in [1.165, 1.54) is 0 Å². The molecule has 74 valence electrons. The average molecular weight is 190 g/mol. The molecule has 0 amide bonds. The van der Waals surface area contributed by atoms with Gasteiger partial charge in [0, 0.05) is 11.5 Å². The van der Waals surface area contributed by atoms with E-state index in [0.29, 0.717) is 5.57 Å². The van der Waals surface area contributed by atoms with E-state index in [4.69, 9.17) is 0 Å². The van der Waals surface area contributed by atoms with Gasteiger partial charge in [0.15, 0.2) is 0 Å². The number of halogens is 3. The lowest BCUT2D eigenvalue weighted by Gasteiger charge is -2.15. The second kappa shape index (κ2) is 2.89. The van der Waals surface area contributed by atoms with Gasteiger partial charge in [0.1, 0.15) is 0 Å². The summed E-state index contributed by atoms with van der Waals surface area (Å²) in [5.74, 6) is -0.472. The number of alkyl halides is 3. The highest BCUT2D eigenvalue weighted by molar-refractivity contribution is 5.48. The van der Waals surface area contributed by atoms with Crippen LogP contribution in [-0.4, -0.2) is 6.18 Å². The van der Waals surface area contributed by atoms with Crippen LogP contribution in [0.2, 0.25) is 0 Å². The summed E-state index contributed by atoms with van der Waals surface area (Å²) in [7, 11) is 0. The Labute approximate surface area is 76.1 Å². The SMILES string of the molecule is CC1=C(C)C(C)C(C(F)(F)F)=C1C. The molecule has 0 aromatic heterocycles. The summed E-state index contributed by atoms with van der Waals surface area (Å²) in [5.41, 5.74) is 1.66. The maximum atomic E-state index is 12.5. The number of hydrogen-bond donors (Lipinski definition) is 0. The summed E-state index contributed by atoms with van der Waals surface area (Å²) >= 11 is 0. The molecule has 0 spiro atoms. The van der Waals surface area contributed by atoms with E-state index >= 15 is 0 Å². The molecule has 1 atom stereocenters. The molecule has 13 heavy (non-hydrogen) atoms. The maximum Gasteiger partial charge on any atom is 0.413 e. The topological polar surface area (TPSA) is 0 Å². The summed E-state index contributed by atoms with van der Waals surface area (Å²) in [6.07, 6.45) is -4.18. The molecule has 0 nitrogen and oxygen atoms in total. The first kappa shape index (κ1) is 10.4. The van der Waals surface area contributed by atoms with Crippen LogP contribution in [0.25, 0.3) is 0 Å². The van der Waals surface area contributed by atoms with Crippen molar-refractivity contribution in [3.8, 4) is 0 Å². The molecule has 1 aliphatic rings. The van der Waals surface area contributed by atoms with Crippen LogP contribution in [0, 0.1) is 5.92 Å². The quantitative estimate of drug-likeness (QED) is 0.544. The van der Waals surface area contributed by atoms with Gasteiger partial charge in [-0.2, -0.15) is 13.2 Å². The molecule has 1 rings (SSSR count). The van der Waals surface area contributed by atoms with E-state index in [1.807, 2.05) is 0 Å². The molecule has 0 heterocycles. The zero-order valence-corrected chi connectivity index (χ0v) is 8.21. The summed E-state index contributed by atoms with van der Waals surface area (Å²) in [4.78, 5) is 0. The third-order valence-electron chi connectivity index (χ3n) is 2.95. The normalized spacial score (nSPS) is 24.7. The van der Waals surface area contributed by atoms with Gasteiger partial charge in [-0.25, -0.2) is 0 Å². The van der Waals surface area contributed by atoms with Gasteiger partial charge in [0.25, 0.3) is 0 Å². The summed E-state index contributed by atoms with van der Waals surface area (Å²) in [5, 5.41) is 0. The van der Waals surface area contributed by atoms with Crippen LogP contribution in [0.5, 0.6) is 0 Å². The van der Waals surface area contributed by atoms with Crippen LogP contribution in [0.1, 0.15) is 27.7 Å². The van der Waals surface area contributed by atoms with Gasteiger partial charge in [-0.15, -0.1) is 0 Å². The van der Waals surface area contributed by atoms with Gasteiger partial charge < -0.3 is 0 Å². The van der Waals surface area contributed by atoms with Crippen LogP contribution in [0.15, 0.2) is 22.3 Å². The van der Waals surface area contributed by atoms with Crippen molar-refractivity contribution in [1.29, 1.82) is 0 Å². The van der Waals surface area contributed by atoms with E-state index in [9.17, 15) is 13.2 Å². The van der Waals surface area contributed by atoms with Crippen LogP contribution >= 0.6 is 0 Å². The predicted octanol–water partition coefficient (Wildman–Crippen LogP) is 3.85. The molecule has 1 unspecified atom stereocenters. The zero-order chi connectivity index (χ0) is 10.4. The number of hydrogen-bond acceptors (Lipinski definition) is 0. The van der Waals surface area contributed by atoms with Crippen LogP contribution < -0.4 is 0 Å². The van der Waals surface area contributed by atoms with E-state index in [1.54, 1.807) is 27.7 Å². The third kappa shape index (κ3) is 1.52. The Morgan fingerprint density at radius 2 is 1.46 bits per heavy atom. The van der Waals surface area contributed by atoms with E-state index < -0.39 is 12.1 Å². The van der Waals surface area contributed by atoms with Crippen LogP contribution in [0.3, 0.4) is 0 Å². The van der Waals surface area contributed by atoms with Crippen molar-refractivity contribution in [2.24, 2.45) is 5.92 Å². The minimum atomic E-state index is -4.18. The summed E-state index contributed by atoms with van der Waals surface area (Å²) in [6, 6.07) is 0. The lowest BCUT2D eigenvalue weighted by molar-refractivity contribution is -0.0970. The molecule has 1 aliphatic carbocycles. The Hall–Kier alpha value is -0.730. The highest BCUT2D eigenvalue weighted by Gasteiger charge is 2.42. The summed E-state index contributed by atoms with van der Waals surface area (Å²) < 4.78 is 37.6. The maximum absolute atomic E-state index is 12.5. The average Bonchev–Trinajstić information content (AvgIpc) is 2.14. The molecular weight excluding hydrogens is 177 g/mol. The van der Waals surface area contributed by atoms with Gasteiger partial charge in [-0.05, 0) is 31.9 Å². The van der Waals surface area contributed by atoms with E-state index in [2.05, 4.69) is 0 Å². The van der Waals surface area contributed by atoms with Crippen molar-refractivity contribution in [3.63, 3.8) is 0 Å². The molecule has 0 fully saturated rings. The van der Waals surface area contributed by atoms with Crippen LogP contribution in [-0.2, 0) is 0 Å². The van der Waals surface area contributed by atoms with Crippen molar-refractivity contribution in [1.82, 2.24) is 0 Å². The first-order valence-electron chi connectivity index (χ1n) is 4.22. The molecule has 0 aromatic carbocycles. The molecule has 0 aliphatic heterocycles. The molecule has 0 radical (unpaired) electrons. The van der Waals surface area contributed by atoms with Crippen molar-refractivity contribution in [2.75, 3.05) is 0 Å². The zero-order valence-electron chi connectivity index (χ0n) is 8.21. The monoisotopic (exact) mass is 190 g/mol. The third-order valence-corrected chi connectivity index (χ3v) is 2.95. The first-order valence-corrected chi connectivity index (χ1v) is 4.22. The van der Waals surface area contributed by atoms with E-state index in [-0.39, 0.29) is 5.57 Å². The van der Waals surface area contributed by atoms with Gasteiger partial charge in [0.2, 0.25) is 0 Å².